The van der Waals surface area contributed by atoms with E-state index in [-0.39, 0.29) is 18.2 Å². The van der Waals surface area contributed by atoms with E-state index in [4.69, 9.17) is 9.47 Å². The zero-order valence-electron chi connectivity index (χ0n) is 20.0. The minimum atomic E-state index is -0.712. The van der Waals surface area contributed by atoms with Crippen LogP contribution in [-0.4, -0.2) is 45.1 Å². The van der Waals surface area contributed by atoms with Crippen LogP contribution in [0.25, 0.3) is 5.69 Å². The molecule has 1 saturated carbocycles. The molecule has 2 fully saturated rings. The van der Waals surface area contributed by atoms with E-state index in [2.05, 4.69) is 15.0 Å². The zero-order chi connectivity index (χ0) is 25.4. The third-order valence-electron chi connectivity index (χ3n) is 6.59. The van der Waals surface area contributed by atoms with Gasteiger partial charge in [0.05, 0.1) is 18.3 Å². The van der Waals surface area contributed by atoms with Crippen LogP contribution >= 0.6 is 0 Å². The summed E-state index contributed by atoms with van der Waals surface area (Å²) < 4.78 is 42.2. The average Bonchev–Trinajstić information content (AvgIpc) is 3.63. The molecule has 1 saturated heterocycles. The molecule has 0 bridgehead atoms. The molecule has 8 nitrogen and oxygen atoms in total. The number of anilines is 1. The first-order valence-electron chi connectivity index (χ1n) is 12.2. The Morgan fingerprint density at radius 1 is 0.973 bits per heavy atom. The van der Waals surface area contributed by atoms with Crippen molar-refractivity contribution in [3.63, 3.8) is 0 Å². The molecule has 0 amide bonds. The van der Waals surface area contributed by atoms with E-state index in [1.807, 2.05) is 6.07 Å². The van der Waals surface area contributed by atoms with Crippen molar-refractivity contribution >= 4 is 5.82 Å². The molecule has 0 radical (unpaired) electrons. The van der Waals surface area contributed by atoms with E-state index >= 15 is 0 Å². The van der Waals surface area contributed by atoms with Gasteiger partial charge in [-0.25, -0.2) is 18.6 Å². The Morgan fingerprint density at radius 2 is 1.73 bits per heavy atom. The van der Waals surface area contributed by atoms with Crippen molar-refractivity contribution in [3.8, 4) is 17.2 Å². The summed E-state index contributed by atoms with van der Waals surface area (Å²) in [6, 6.07) is 14.1. The summed E-state index contributed by atoms with van der Waals surface area (Å²) in [6.45, 7) is 2.25. The first-order valence-corrected chi connectivity index (χ1v) is 12.2. The van der Waals surface area contributed by atoms with Gasteiger partial charge in [0.1, 0.15) is 35.3 Å². The molecule has 2 aliphatic rings. The largest absolute Gasteiger partial charge is 0.457 e. The maximum absolute atomic E-state index is 14.0. The van der Waals surface area contributed by atoms with Gasteiger partial charge >= 0.3 is 5.69 Å². The molecule has 3 heterocycles. The summed E-state index contributed by atoms with van der Waals surface area (Å²) in [5.74, 6) is 1.40. The lowest BCUT2D eigenvalue weighted by Gasteiger charge is -2.39. The van der Waals surface area contributed by atoms with Crippen molar-refractivity contribution in [2.45, 2.75) is 25.5 Å². The van der Waals surface area contributed by atoms with Crippen molar-refractivity contribution in [2.75, 3.05) is 24.6 Å². The first-order chi connectivity index (χ1) is 18.0. The van der Waals surface area contributed by atoms with Crippen molar-refractivity contribution in [3.05, 3.63) is 94.8 Å². The molecule has 0 unspecified atom stereocenters. The molecule has 1 aliphatic carbocycles. The quantitative estimate of drug-likeness (QED) is 0.340. The Kier molecular flexibility index (Phi) is 6.17. The standard InChI is InChI=1S/C27H25F2N5O3/c28-24-2-1-3-25(29)23(24)15-33-17-31-34(27(33)35)19-6-8-20(9-7-19)37-21-10-11-30-26(12-21)32-13-22(14-32)36-16-18-4-5-18/h1-3,6-12,17-18,22H,4-5,13-16H2. The molecule has 1 aliphatic heterocycles. The highest BCUT2D eigenvalue weighted by Gasteiger charge is 2.31. The second kappa shape index (κ2) is 9.78. The highest BCUT2D eigenvalue weighted by molar-refractivity contribution is 5.48. The van der Waals surface area contributed by atoms with Crippen LogP contribution in [0.5, 0.6) is 11.5 Å². The second-order valence-corrected chi connectivity index (χ2v) is 9.40. The van der Waals surface area contributed by atoms with Crippen LogP contribution < -0.4 is 15.3 Å². The van der Waals surface area contributed by atoms with Gasteiger partial charge in [0.2, 0.25) is 0 Å². The number of rotatable bonds is 9. The fourth-order valence-corrected chi connectivity index (χ4v) is 4.19. The van der Waals surface area contributed by atoms with Gasteiger partial charge < -0.3 is 14.4 Å². The lowest BCUT2D eigenvalue weighted by molar-refractivity contribution is 0.0275. The maximum atomic E-state index is 14.0. The van der Waals surface area contributed by atoms with Gasteiger partial charge in [-0.2, -0.15) is 9.78 Å². The Bertz CT molecular complexity index is 1440. The number of pyridine rings is 1. The van der Waals surface area contributed by atoms with Gasteiger partial charge in [-0.05, 0) is 61.2 Å². The number of halogens is 2. The Morgan fingerprint density at radius 3 is 2.46 bits per heavy atom. The molecule has 0 spiro atoms. The summed E-state index contributed by atoms with van der Waals surface area (Å²) in [6.07, 6.45) is 5.80. The molecular formula is C27H25F2N5O3. The van der Waals surface area contributed by atoms with Crippen molar-refractivity contribution in [1.82, 2.24) is 19.3 Å². The van der Waals surface area contributed by atoms with Crippen LogP contribution in [0, 0.1) is 17.6 Å². The Hall–Kier alpha value is -4.05. The monoisotopic (exact) mass is 505 g/mol. The third-order valence-corrected chi connectivity index (χ3v) is 6.59. The molecule has 6 rings (SSSR count). The van der Waals surface area contributed by atoms with E-state index in [0.717, 1.165) is 48.1 Å². The highest BCUT2D eigenvalue weighted by atomic mass is 19.1. The summed E-state index contributed by atoms with van der Waals surface area (Å²) in [5.41, 5.74) is -0.202. The van der Waals surface area contributed by atoms with E-state index in [1.165, 1.54) is 29.9 Å². The molecular weight excluding hydrogens is 480 g/mol. The summed E-state index contributed by atoms with van der Waals surface area (Å²) in [4.78, 5) is 19.4. The van der Waals surface area contributed by atoms with Crippen molar-refractivity contribution < 1.29 is 18.3 Å². The van der Waals surface area contributed by atoms with E-state index < -0.39 is 17.3 Å². The first kappa shape index (κ1) is 23.4. The molecule has 0 atom stereocenters. The normalized spacial score (nSPS) is 15.6. The minimum Gasteiger partial charge on any atom is -0.457 e. The number of hydrogen-bond acceptors (Lipinski definition) is 6. The van der Waals surface area contributed by atoms with Crippen LogP contribution in [0.3, 0.4) is 0 Å². The van der Waals surface area contributed by atoms with Gasteiger partial charge in [-0.1, -0.05) is 6.07 Å². The van der Waals surface area contributed by atoms with Crippen molar-refractivity contribution in [1.29, 1.82) is 0 Å². The number of hydrogen-bond donors (Lipinski definition) is 0. The smallest absolute Gasteiger partial charge is 0.350 e. The molecule has 37 heavy (non-hydrogen) atoms. The third kappa shape index (κ3) is 5.10. The topological polar surface area (TPSA) is 74.4 Å². The fourth-order valence-electron chi connectivity index (χ4n) is 4.19. The lowest BCUT2D eigenvalue weighted by atomic mass is 10.1. The van der Waals surface area contributed by atoms with Gasteiger partial charge in [-0.3, -0.25) is 4.57 Å². The Labute approximate surface area is 211 Å². The van der Waals surface area contributed by atoms with Crippen LogP contribution in [-0.2, 0) is 11.3 Å². The van der Waals surface area contributed by atoms with E-state index in [0.29, 0.717) is 17.2 Å². The molecule has 4 aromatic rings. The maximum Gasteiger partial charge on any atom is 0.350 e. The number of nitrogens with zero attached hydrogens (tertiary/aromatic N) is 5. The second-order valence-electron chi connectivity index (χ2n) is 9.40. The highest BCUT2D eigenvalue weighted by Crippen LogP contribution is 2.31. The van der Waals surface area contributed by atoms with Crippen LogP contribution in [0.1, 0.15) is 18.4 Å². The van der Waals surface area contributed by atoms with E-state index in [9.17, 15) is 13.6 Å². The molecule has 190 valence electrons. The van der Waals surface area contributed by atoms with Crippen LogP contribution in [0.15, 0.2) is 71.9 Å². The van der Waals surface area contributed by atoms with Crippen LogP contribution in [0.4, 0.5) is 14.6 Å². The molecule has 10 heteroatoms. The predicted molar refractivity (Wildman–Crippen MR) is 132 cm³/mol. The van der Waals surface area contributed by atoms with Gasteiger partial charge in [0, 0.05) is 37.5 Å². The summed E-state index contributed by atoms with van der Waals surface area (Å²) >= 11 is 0. The zero-order valence-corrected chi connectivity index (χ0v) is 20.0. The lowest BCUT2D eigenvalue weighted by Crippen LogP contribution is -2.52. The summed E-state index contributed by atoms with van der Waals surface area (Å²) in [7, 11) is 0. The van der Waals surface area contributed by atoms with Gasteiger partial charge in [0.25, 0.3) is 0 Å². The summed E-state index contributed by atoms with van der Waals surface area (Å²) in [5, 5.41) is 4.09. The number of benzene rings is 2. The number of aromatic nitrogens is 4. The minimum absolute atomic E-state index is 0.191. The van der Waals surface area contributed by atoms with Crippen LogP contribution in [0.2, 0.25) is 0 Å². The SMILES string of the molecule is O=c1n(Cc2c(F)cccc2F)cnn1-c1ccc(Oc2ccnc(N3CC(OCC4CC4)C3)c2)cc1. The number of ether oxygens (including phenoxy) is 2. The predicted octanol–water partition coefficient (Wildman–Crippen LogP) is 4.16. The fraction of sp³-hybridized carbons (Fsp3) is 0.296. The average molecular weight is 506 g/mol. The Balaban J connectivity index is 1.10. The van der Waals surface area contributed by atoms with Gasteiger partial charge in [0.15, 0.2) is 0 Å². The van der Waals surface area contributed by atoms with Gasteiger partial charge in [-0.15, -0.1) is 0 Å². The molecule has 2 aromatic carbocycles. The van der Waals surface area contributed by atoms with E-state index in [1.54, 1.807) is 36.5 Å². The van der Waals surface area contributed by atoms with Crippen molar-refractivity contribution in [2.24, 2.45) is 5.92 Å². The molecule has 0 N–H and O–H groups in total. The molecule has 2 aromatic heterocycles.